The van der Waals surface area contributed by atoms with Gasteiger partial charge in [0, 0.05) is 0 Å². The van der Waals surface area contributed by atoms with Gasteiger partial charge < -0.3 is 4.74 Å². The van der Waals surface area contributed by atoms with Crippen LogP contribution in [-0.4, -0.2) is 13.1 Å². The van der Waals surface area contributed by atoms with Crippen LogP contribution in [0.3, 0.4) is 0 Å². The molecule has 0 N–H and O–H groups in total. The second kappa shape index (κ2) is 7.82. The lowest BCUT2D eigenvalue weighted by molar-refractivity contribution is 0.0600. The van der Waals surface area contributed by atoms with Crippen LogP contribution in [0.1, 0.15) is 92.6 Å². The molecule has 2 aromatic carbocycles. The summed E-state index contributed by atoms with van der Waals surface area (Å²) in [5.74, 6) is -0.300. The van der Waals surface area contributed by atoms with E-state index in [1.807, 2.05) is 24.3 Å². The smallest absolute Gasteiger partial charge is 0.337 e. The number of methoxy groups -OCH3 is 1. The number of allylic oxidation sites excluding steroid dienone is 1. The number of aryl methyl sites for hydroxylation is 1. The minimum absolute atomic E-state index is 0.195. The van der Waals surface area contributed by atoms with Crippen molar-refractivity contribution in [1.29, 1.82) is 0 Å². The van der Waals surface area contributed by atoms with Crippen LogP contribution in [0.4, 0.5) is 0 Å². The highest BCUT2D eigenvalue weighted by atomic mass is 16.5. The first-order chi connectivity index (χ1) is 13.6. The molecule has 0 aromatic heterocycles. The monoisotopic (exact) mass is 390 g/mol. The molecule has 0 heterocycles. The zero-order valence-corrected chi connectivity index (χ0v) is 19.0. The fourth-order valence-corrected chi connectivity index (χ4v) is 5.06. The zero-order chi connectivity index (χ0) is 21.4. The Morgan fingerprint density at radius 1 is 1.03 bits per heavy atom. The lowest BCUT2D eigenvalue weighted by Gasteiger charge is -2.22. The normalized spacial score (nSPS) is 17.1. The van der Waals surface area contributed by atoms with E-state index in [1.165, 1.54) is 41.4 Å². The first-order valence-electron chi connectivity index (χ1n) is 10.6. The van der Waals surface area contributed by atoms with Crippen LogP contribution >= 0.6 is 0 Å². The zero-order valence-electron chi connectivity index (χ0n) is 19.0. The molecular weight excluding hydrogens is 356 g/mol. The second-order valence-corrected chi connectivity index (χ2v) is 9.69. The van der Waals surface area contributed by atoms with Gasteiger partial charge in [-0.25, -0.2) is 4.79 Å². The van der Waals surface area contributed by atoms with Gasteiger partial charge in [-0.05, 0) is 76.1 Å². The molecular formula is C27H34O2. The third kappa shape index (κ3) is 4.17. The van der Waals surface area contributed by atoms with Crippen LogP contribution in [0.2, 0.25) is 0 Å². The van der Waals surface area contributed by atoms with Gasteiger partial charge in [0.2, 0.25) is 0 Å². The molecule has 29 heavy (non-hydrogen) atoms. The van der Waals surface area contributed by atoms with Crippen molar-refractivity contribution in [2.24, 2.45) is 0 Å². The molecule has 0 fully saturated rings. The number of benzene rings is 2. The Balaban J connectivity index is 2.05. The maximum atomic E-state index is 11.7. The fraction of sp³-hybridized carbons (Fsp3) is 0.444. The summed E-state index contributed by atoms with van der Waals surface area (Å²) in [7, 11) is 1.41. The van der Waals surface area contributed by atoms with Crippen molar-refractivity contribution in [2.45, 2.75) is 71.6 Å². The lowest BCUT2D eigenvalue weighted by Crippen LogP contribution is -2.18. The van der Waals surface area contributed by atoms with Crippen molar-refractivity contribution in [3.63, 3.8) is 0 Å². The quantitative estimate of drug-likeness (QED) is 0.408. The maximum absolute atomic E-state index is 11.7. The van der Waals surface area contributed by atoms with Gasteiger partial charge in [0.15, 0.2) is 0 Å². The van der Waals surface area contributed by atoms with Crippen molar-refractivity contribution >= 4 is 17.6 Å². The van der Waals surface area contributed by atoms with E-state index in [4.69, 9.17) is 4.74 Å². The summed E-state index contributed by atoms with van der Waals surface area (Å²) in [6.07, 6.45) is 5.62. The predicted octanol–water partition coefficient (Wildman–Crippen LogP) is 6.95. The fourth-order valence-electron chi connectivity index (χ4n) is 5.06. The van der Waals surface area contributed by atoms with E-state index in [0.717, 1.165) is 18.4 Å². The number of hydrogen-bond donors (Lipinski definition) is 0. The van der Waals surface area contributed by atoms with Crippen molar-refractivity contribution in [2.75, 3.05) is 7.11 Å². The number of esters is 1. The molecule has 0 spiro atoms. The van der Waals surface area contributed by atoms with Crippen molar-refractivity contribution in [3.8, 4) is 0 Å². The molecule has 2 nitrogen and oxygen atoms in total. The summed E-state index contributed by atoms with van der Waals surface area (Å²) >= 11 is 0. The van der Waals surface area contributed by atoms with E-state index in [0.29, 0.717) is 5.56 Å². The molecule has 0 saturated heterocycles. The molecule has 0 bridgehead atoms. The molecule has 0 amide bonds. The number of carbonyl (C=O) groups is 1. The van der Waals surface area contributed by atoms with Crippen LogP contribution < -0.4 is 0 Å². The Morgan fingerprint density at radius 3 is 2.17 bits per heavy atom. The Hall–Kier alpha value is -2.35. The summed E-state index contributed by atoms with van der Waals surface area (Å²) < 4.78 is 4.79. The highest BCUT2D eigenvalue weighted by Gasteiger charge is 2.42. The van der Waals surface area contributed by atoms with Gasteiger partial charge in [-0.1, -0.05) is 71.4 Å². The van der Waals surface area contributed by atoms with Crippen LogP contribution in [-0.2, 0) is 22.0 Å². The topological polar surface area (TPSA) is 26.3 Å². The molecule has 2 aromatic rings. The average molecular weight is 391 g/mol. The second-order valence-electron chi connectivity index (χ2n) is 9.69. The Morgan fingerprint density at radius 2 is 1.62 bits per heavy atom. The molecule has 1 aliphatic rings. The van der Waals surface area contributed by atoms with Gasteiger partial charge >= 0.3 is 5.97 Å². The van der Waals surface area contributed by atoms with Gasteiger partial charge in [0.05, 0.1) is 12.7 Å². The number of rotatable bonds is 5. The van der Waals surface area contributed by atoms with Gasteiger partial charge in [0.25, 0.3) is 0 Å². The number of ether oxygens (including phenoxy) is 1. The first kappa shape index (κ1) is 21.4. The molecule has 0 saturated carbocycles. The van der Waals surface area contributed by atoms with Crippen molar-refractivity contribution in [1.82, 2.24) is 0 Å². The highest BCUT2D eigenvalue weighted by molar-refractivity contribution is 5.90. The number of fused-ring (bicyclic) bond motifs is 1. The molecule has 154 valence electrons. The molecule has 2 heteroatoms. The molecule has 0 radical (unpaired) electrons. The van der Waals surface area contributed by atoms with Crippen molar-refractivity contribution in [3.05, 3.63) is 69.8 Å². The van der Waals surface area contributed by atoms with Gasteiger partial charge in [-0.2, -0.15) is 0 Å². The van der Waals surface area contributed by atoms with E-state index in [-0.39, 0.29) is 16.8 Å². The van der Waals surface area contributed by atoms with E-state index < -0.39 is 0 Å². The van der Waals surface area contributed by atoms with Gasteiger partial charge in [-0.3, -0.25) is 0 Å². The molecule has 1 aliphatic carbocycles. The predicted molar refractivity (Wildman–Crippen MR) is 122 cm³/mol. The Labute approximate surface area is 176 Å². The summed E-state index contributed by atoms with van der Waals surface area (Å²) in [4.78, 5) is 11.7. The Bertz CT molecular complexity index is 943. The molecule has 0 unspecified atom stereocenters. The largest absolute Gasteiger partial charge is 0.465 e. The van der Waals surface area contributed by atoms with E-state index in [1.54, 1.807) is 0 Å². The summed E-state index contributed by atoms with van der Waals surface area (Å²) in [5, 5.41) is 0. The summed E-state index contributed by atoms with van der Waals surface area (Å²) in [5.41, 5.74) is 9.17. The number of hydrogen-bond acceptors (Lipinski definition) is 2. The first-order valence-corrected chi connectivity index (χ1v) is 10.6. The van der Waals surface area contributed by atoms with Crippen LogP contribution in [0.25, 0.3) is 11.6 Å². The van der Waals surface area contributed by atoms with Gasteiger partial charge in [-0.15, -0.1) is 0 Å². The highest BCUT2D eigenvalue weighted by Crippen LogP contribution is 2.50. The van der Waals surface area contributed by atoms with E-state index in [2.05, 4.69) is 59.8 Å². The van der Waals surface area contributed by atoms with Crippen LogP contribution in [0.5, 0.6) is 0 Å². The molecule has 0 aliphatic heterocycles. The number of carbonyl (C=O) groups excluding carboxylic acids is 1. The third-order valence-electron chi connectivity index (χ3n) is 6.24. The summed E-state index contributed by atoms with van der Waals surface area (Å²) in [6, 6.07) is 12.5. The Kier molecular flexibility index (Phi) is 5.76. The van der Waals surface area contributed by atoms with Gasteiger partial charge in [0.1, 0.15) is 0 Å². The van der Waals surface area contributed by atoms with Crippen molar-refractivity contribution < 1.29 is 9.53 Å². The molecule has 0 atom stereocenters. The lowest BCUT2D eigenvalue weighted by atomic mass is 9.82. The van der Waals surface area contributed by atoms with E-state index in [9.17, 15) is 4.79 Å². The average Bonchev–Trinajstić information content (AvgIpc) is 2.85. The molecule has 3 rings (SSSR count). The standard InChI is InChI=1S/C27H34O2/c1-8-9-21-15-23-24(27(5,6)17-26(23,3)4)16-22(21)18(2)14-19-10-12-20(13-11-19)25(28)29-7/h10-16H,8-9,17H2,1-7H3/b18-14+. The summed E-state index contributed by atoms with van der Waals surface area (Å²) in [6.45, 7) is 13.9. The SMILES string of the molecule is CCCc1cc2c(cc1/C(C)=C/c1ccc(C(=O)OC)cc1)C(C)(C)CC2(C)C. The maximum Gasteiger partial charge on any atom is 0.337 e. The van der Waals surface area contributed by atoms with Crippen LogP contribution in [0, 0.1) is 0 Å². The minimum atomic E-state index is -0.300. The minimum Gasteiger partial charge on any atom is -0.465 e. The van der Waals surface area contributed by atoms with Crippen LogP contribution in [0.15, 0.2) is 36.4 Å². The third-order valence-corrected chi connectivity index (χ3v) is 6.24. The van der Waals surface area contributed by atoms with E-state index >= 15 is 0 Å².